The van der Waals surface area contributed by atoms with Crippen molar-refractivity contribution >= 4 is 10.8 Å². The smallest absolute Gasteiger partial charge is 0.387 e. The van der Waals surface area contributed by atoms with Gasteiger partial charge in [0.25, 0.3) is 0 Å². The zero-order valence-electron chi connectivity index (χ0n) is 17.4. The summed E-state index contributed by atoms with van der Waals surface area (Å²) in [6.07, 6.45) is 1.26. The lowest BCUT2D eigenvalue weighted by molar-refractivity contribution is -0.0520. The van der Waals surface area contributed by atoms with Crippen molar-refractivity contribution in [2.45, 2.75) is 26.4 Å². The Hall–Kier alpha value is -3.48. The molecule has 7 heteroatoms. The van der Waals surface area contributed by atoms with Crippen molar-refractivity contribution in [3.8, 4) is 28.0 Å². The molecule has 4 aromatic carbocycles. The van der Waals surface area contributed by atoms with Gasteiger partial charge in [-0.25, -0.2) is 17.6 Å². The van der Waals surface area contributed by atoms with E-state index in [9.17, 15) is 26.3 Å². The SMILES string of the molecule is CCCc1cc(F)c(-c2ccc(-c3ccc4c(F)c(OC(F)F)ccc4c3)c(F)c2)c(F)c1. The second-order valence-corrected chi connectivity index (χ2v) is 7.57. The Balaban J connectivity index is 1.71. The van der Waals surface area contributed by atoms with Gasteiger partial charge in [-0.15, -0.1) is 0 Å². The first-order chi connectivity index (χ1) is 15.8. The highest BCUT2D eigenvalue weighted by Crippen LogP contribution is 2.34. The molecule has 0 radical (unpaired) electrons. The lowest BCUT2D eigenvalue weighted by Crippen LogP contribution is -2.03. The Kier molecular flexibility index (Phi) is 6.31. The summed E-state index contributed by atoms with van der Waals surface area (Å²) in [6.45, 7) is -1.27. The number of benzene rings is 4. The molecule has 0 atom stereocenters. The van der Waals surface area contributed by atoms with Gasteiger partial charge in [0.15, 0.2) is 11.6 Å². The Morgan fingerprint density at radius 3 is 2.09 bits per heavy atom. The molecule has 0 spiro atoms. The zero-order valence-corrected chi connectivity index (χ0v) is 17.4. The number of rotatable bonds is 6. The topological polar surface area (TPSA) is 9.23 Å². The molecule has 0 aromatic heterocycles. The Morgan fingerprint density at radius 1 is 0.758 bits per heavy atom. The Bertz CT molecular complexity index is 1310. The van der Waals surface area contributed by atoms with Crippen molar-refractivity contribution < 1.29 is 31.1 Å². The highest BCUT2D eigenvalue weighted by molar-refractivity contribution is 5.89. The molecule has 4 rings (SSSR count). The van der Waals surface area contributed by atoms with E-state index < -0.39 is 35.6 Å². The summed E-state index contributed by atoms with van der Waals surface area (Å²) in [5.41, 5.74) is 0.784. The third-order valence-electron chi connectivity index (χ3n) is 5.34. The maximum absolute atomic E-state index is 14.9. The van der Waals surface area contributed by atoms with Gasteiger partial charge in [0.1, 0.15) is 17.5 Å². The van der Waals surface area contributed by atoms with Crippen LogP contribution in [0.2, 0.25) is 0 Å². The minimum atomic E-state index is -3.17. The van der Waals surface area contributed by atoms with Crippen LogP contribution in [0.5, 0.6) is 5.75 Å². The third-order valence-corrected chi connectivity index (χ3v) is 5.34. The quantitative estimate of drug-likeness (QED) is 0.263. The Morgan fingerprint density at radius 2 is 1.45 bits per heavy atom. The van der Waals surface area contributed by atoms with Gasteiger partial charge in [-0.1, -0.05) is 43.7 Å². The highest BCUT2D eigenvalue weighted by atomic mass is 19.3. The molecule has 0 N–H and O–H groups in total. The summed E-state index contributed by atoms with van der Waals surface area (Å²) in [4.78, 5) is 0. The molecule has 0 bridgehead atoms. The van der Waals surface area contributed by atoms with Gasteiger partial charge in [0, 0.05) is 10.9 Å². The minimum Gasteiger partial charge on any atom is -0.432 e. The lowest BCUT2D eigenvalue weighted by Gasteiger charge is -2.12. The summed E-state index contributed by atoms with van der Waals surface area (Å²) >= 11 is 0. The minimum absolute atomic E-state index is 0.0326. The maximum Gasteiger partial charge on any atom is 0.387 e. The van der Waals surface area contributed by atoms with E-state index in [1.807, 2.05) is 6.92 Å². The summed E-state index contributed by atoms with van der Waals surface area (Å²) in [7, 11) is 0. The van der Waals surface area contributed by atoms with Gasteiger partial charge in [0.2, 0.25) is 0 Å². The van der Waals surface area contributed by atoms with Gasteiger partial charge in [-0.3, -0.25) is 0 Å². The number of aryl methyl sites for hydroxylation is 1. The second-order valence-electron chi connectivity index (χ2n) is 7.57. The summed E-state index contributed by atoms with van der Waals surface area (Å²) < 4.78 is 87.4. The predicted molar refractivity (Wildman–Crippen MR) is 115 cm³/mol. The normalized spacial score (nSPS) is 11.4. The maximum atomic E-state index is 14.9. The van der Waals surface area contributed by atoms with Crippen LogP contribution < -0.4 is 4.74 Å². The van der Waals surface area contributed by atoms with Crippen LogP contribution in [0.4, 0.5) is 26.3 Å². The largest absolute Gasteiger partial charge is 0.432 e. The van der Waals surface area contributed by atoms with Crippen molar-refractivity contribution in [3.63, 3.8) is 0 Å². The molecule has 0 amide bonds. The third kappa shape index (κ3) is 4.53. The number of ether oxygens (including phenoxy) is 1. The van der Waals surface area contributed by atoms with Crippen LogP contribution in [0, 0.1) is 23.3 Å². The van der Waals surface area contributed by atoms with Crippen molar-refractivity contribution in [1.82, 2.24) is 0 Å². The van der Waals surface area contributed by atoms with E-state index in [1.54, 1.807) is 0 Å². The monoisotopic (exact) mass is 460 g/mol. The molecule has 0 fully saturated rings. The number of alkyl halides is 2. The van der Waals surface area contributed by atoms with Gasteiger partial charge >= 0.3 is 6.61 Å². The molecule has 0 saturated heterocycles. The molecule has 0 aliphatic heterocycles. The number of hydrogen-bond donors (Lipinski definition) is 0. The molecular weight excluding hydrogens is 442 g/mol. The summed E-state index contributed by atoms with van der Waals surface area (Å²) in [5.74, 6) is -3.80. The molecule has 0 saturated carbocycles. The number of hydrogen-bond acceptors (Lipinski definition) is 1. The van der Waals surface area contributed by atoms with Gasteiger partial charge in [0.05, 0.1) is 5.56 Å². The molecule has 33 heavy (non-hydrogen) atoms. The summed E-state index contributed by atoms with van der Waals surface area (Å²) in [6, 6.07) is 13.0. The number of halogens is 6. The van der Waals surface area contributed by atoms with Gasteiger partial charge in [-0.2, -0.15) is 8.78 Å². The lowest BCUT2D eigenvalue weighted by atomic mass is 9.96. The fourth-order valence-electron chi connectivity index (χ4n) is 3.87. The standard InChI is InChI=1S/C26H18F6O/c1-2-3-14-10-21(28)24(22(29)11-14)17-5-7-18(20(27)13-17)15-4-8-19-16(12-15)6-9-23(25(19)30)33-26(31)32/h4-13,26H,2-3H2,1H3. The first kappa shape index (κ1) is 22.7. The van der Waals surface area contributed by atoms with E-state index in [-0.39, 0.29) is 22.1 Å². The molecule has 0 aliphatic carbocycles. The van der Waals surface area contributed by atoms with E-state index in [4.69, 9.17) is 0 Å². The first-order valence-corrected chi connectivity index (χ1v) is 10.2. The van der Waals surface area contributed by atoms with Crippen molar-refractivity contribution in [3.05, 3.63) is 89.5 Å². The molecule has 1 nitrogen and oxygen atoms in total. The highest BCUT2D eigenvalue weighted by Gasteiger charge is 2.17. The van der Waals surface area contributed by atoms with Crippen LogP contribution >= 0.6 is 0 Å². The van der Waals surface area contributed by atoms with Crippen LogP contribution in [0.1, 0.15) is 18.9 Å². The number of fused-ring (bicyclic) bond motifs is 1. The van der Waals surface area contributed by atoms with Crippen LogP contribution in [-0.4, -0.2) is 6.61 Å². The van der Waals surface area contributed by atoms with Crippen LogP contribution in [0.25, 0.3) is 33.0 Å². The average Bonchev–Trinajstić information content (AvgIpc) is 2.75. The first-order valence-electron chi connectivity index (χ1n) is 10.2. The van der Waals surface area contributed by atoms with E-state index in [1.165, 1.54) is 48.5 Å². The molecular formula is C26H18F6O. The summed E-state index contributed by atoms with van der Waals surface area (Å²) in [5, 5.41) is 0.379. The fourth-order valence-corrected chi connectivity index (χ4v) is 3.87. The van der Waals surface area contributed by atoms with E-state index >= 15 is 0 Å². The van der Waals surface area contributed by atoms with Crippen LogP contribution in [0.15, 0.2) is 60.7 Å². The fraction of sp³-hybridized carbons (Fsp3) is 0.154. The molecule has 4 aromatic rings. The zero-order chi connectivity index (χ0) is 23.7. The van der Waals surface area contributed by atoms with Gasteiger partial charge < -0.3 is 4.74 Å². The molecule has 170 valence electrons. The van der Waals surface area contributed by atoms with Crippen LogP contribution in [-0.2, 0) is 6.42 Å². The molecule has 0 unspecified atom stereocenters. The van der Waals surface area contributed by atoms with E-state index in [0.717, 1.165) is 18.6 Å². The van der Waals surface area contributed by atoms with E-state index in [2.05, 4.69) is 4.74 Å². The average molecular weight is 460 g/mol. The van der Waals surface area contributed by atoms with Crippen molar-refractivity contribution in [2.75, 3.05) is 0 Å². The Labute approximate surface area is 186 Å². The molecule has 0 aliphatic rings. The van der Waals surface area contributed by atoms with Crippen molar-refractivity contribution in [2.24, 2.45) is 0 Å². The van der Waals surface area contributed by atoms with Crippen molar-refractivity contribution in [1.29, 1.82) is 0 Å². The van der Waals surface area contributed by atoms with E-state index in [0.29, 0.717) is 22.9 Å². The predicted octanol–water partition coefficient (Wildman–Crippen LogP) is 8.28. The van der Waals surface area contributed by atoms with Gasteiger partial charge in [-0.05, 0) is 58.8 Å². The molecule has 0 heterocycles. The second kappa shape index (κ2) is 9.17. The van der Waals surface area contributed by atoms with Crippen LogP contribution in [0.3, 0.4) is 0 Å².